The highest BCUT2D eigenvalue weighted by Gasteiger charge is 2.39. The molecule has 12 heteroatoms. The van der Waals surface area contributed by atoms with Crippen molar-refractivity contribution in [3.8, 4) is 10.6 Å². The second-order valence-corrected chi connectivity index (χ2v) is 11.7. The molecule has 6 rings (SSSR count). The van der Waals surface area contributed by atoms with Gasteiger partial charge in [0.2, 0.25) is 5.13 Å². The van der Waals surface area contributed by atoms with Crippen molar-refractivity contribution in [2.75, 3.05) is 38.7 Å². The Balaban J connectivity index is 1.34. The van der Waals surface area contributed by atoms with Crippen LogP contribution in [0.3, 0.4) is 0 Å². The Morgan fingerprint density at radius 3 is 2.62 bits per heavy atom. The number of piperazine rings is 1. The van der Waals surface area contributed by atoms with E-state index in [2.05, 4.69) is 32.4 Å². The number of fused-ring (bicyclic) bond motifs is 2. The highest BCUT2D eigenvalue weighted by molar-refractivity contribution is 7.22. The van der Waals surface area contributed by atoms with E-state index in [4.69, 9.17) is 4.98 Å². The van der Waals surface area contributed by atoms with Gasteiger partial charge in [0.1, 0.15) is 5.01 Å². The fraction of sp³-hybridized carbons (Fsp3) is 0.321. The van der Waals surface area contributed by atoms with Gasteiger partial charge in [0.15, 0.2) is 5.71 Å². The number of halogens is 3. The summed E-state index contributed by atoms with van der Waals surface area (Å²) in [6.07, 6.45) is -3.15. The van der Waals surface area contributed by atoms with Gasteiger partial charge in [0.25, 0.3) is 0 Å². The van der Waals surface area contributed by atoms with E-state index in [0.29, 0.717) is 28.1 Å². The summed E-state index contributed by atoms with van der Waals surface area (Å²) in [6, 6.07) is 13.0. The van der Waals surface area contributed by atoms with E-state index in [1.165, 1.54) is 28.9 Å². The van der Waals surface area contributed by atoms with Gasteiger partial charge in [-0.25, -0.2) is 9.97 Å². The van der Waals surface area contributed by atoms with Gasteiger partial charge in [0, 0.05) is 72.9 Å². The van der Waals surface area contributed by atoms with E-state index in [0.717, 1.165) is 53.7 Å². The highest BCUT2D eigenvalue weighted by Crippen LogP contribution is 2.34. The molecule has 0 aliphatic carbocycles. The third-order valence-electron chi connectivity index (χ3n) is 7.08. The maximum absolute atomic E-state index is 14.4. The molecule has 0 atom stereocenters. The molecule has 1 aliphatic heterocycles. The molecule has 40 heavy (non-hydrogen) atoms. The molecule has 208 valence electrons. The molecule has 7 nitrogen and oxygen atoms in total. The lowest BCUT2D eigenvalue weighted by atomic mass is 10.1. The zero-order valence-corrected chi connectivity index (χ0v) is 23.7. The van der Waals surface area contributed by atoms with Crippen molar-refractivity contribution < 1.29 is 13.2 Å². The molecule has 0 saturated carbocycles. The molecule has 0 spiro atoms. The summed E-state index contributed by atoms with van der Waals surface area (Å²) in [5, 5.41) is 7.48. The summed E-state index contributed by atoms with van der Waals surface area (Å²) in [6.45, 7) is 7.25. The van der Waals surface area contributed by atoms with Gasteiger partial charge in [-0.1, -0.05) is 23.5 Å². The molecule has 1 saturated heterocycles. The van der Waals surface area contributed by atoms with E-state index >= 15 is 0 Å². The number of aryl methyl sites for hydroxylation is 1. The Morgan fingerprint density at radius 2 is 1.88 bits per heavy atom. The Bertz CT molecular complexity index is 1640. The maximum atomic E-state index is 14.4. The Labute approximate surface area is 237 Å². The van der Waals surface area contributed by atoms with Crippen LogP contribution in [0.5, 0.6) is 0 Å². The van der Waals surface area contributed by atoms with Crippen LogP contribution in [0.2, 0.25) is 0 Å². The zero-order valence-electron chi connectivity index (χ0n) is 22.1. The van der Waals surface area contributed by atoms with E-state index in [1.807, 2.05) is 53.3 Å². The number of anilines is 1. The number of likely N-dealkylation sites (N-methyl/N-ethyl adjacent to an activating group) is 1. The second kappa shape index (κ2) is 10.9. The smallest absolute Gasteiger partial charge is 0.347 e. The molecule has 2 aromatic carbocycles. The summed E-state index contributed by atoms with van der Waals surface area (Å²) in [5.74, 6) is 0. The van der Waals surface area contributed by atoms with Crippen LogP contribution in [0.4, 0.5) is 18.3 Å². The van der Waals surface area contributed by atoms with Crippen LogP contribution in [0.25, 0.3) is 31.7 Å². The zero-order chi connectivity index (χ0) is 27.9. The largest absolute Gasteiger partial charge is 0.435 e. The first-order valence-corrected chi connectivity index (χ1v) is 14.7. The molecule has 3 aromatic heterocycles. The number of thiazole rings is 2. The third kappa shape index (κ3) is 5.49. The number of rotatable bonds is 7. The number of nitrogens with one attached hydrogen (secondary N) is 1. The monoisotopic (exact) mass is 583 g/mol. The SMILES string of the molecule is CCn1cc(/C(=N/Nc2nc3ccccc3s2)C(F)(F)F)c2cc(-c3nc(CN4CCN(C)CC4)cs3)ccc21. The van der Waals surface area contributed by atoms with Gasteiger partial charge in [0.05, 0.1) is 15.9 Å². The fourth-order valence-electron chi connectivity index (χ4n) is 4.93. The van der Waals surface area contributed by atoms with Gasteiger partial charge in [-0.2, -0.15) is 18.3 Å². The van der Waals surface area contributed by atoms with Crippen molar-refractivity contribution in [3.63, 3.8) is 0 Å². The minimum absolute atomic E-state index is 0.0222. The summed E-state index contributed by atoms with van der Waals surface area (Å²) in [5.41, 5.74) is 4.80. The van der Waals surface area contributed by atoms with E-state index in [9.17, 15) is 13.2 Å². The molecule has 1 fully saturated rings. The van der Waals surface area contributed by atoms with Crippen molar-refractivity contribution in [2.45, 2.75) is 26.2 Å². The number of para-hydroxylation sites is 1. The molecule has 4 heterocycles. The lowest BCUT2D eigenvalue weighted by molar-refractivity contribution is -0.0580. The normalized spacial score (nSPS) is 15.9. The third-order valence-corrected chi connectivity index (χ3v) is 8.96. The van der Waals surface area contributed by atoms with Gasteiger partial charge >= 0.3 is 6.18 Å². The standard InChI is InChI=1S/C28H28F3N7S2/c1-3-38-16-21(25(28(29,30)31)34-35-27-33-22-6-4-5-7-24(22)40-27)20-14-18(8-9-23(20)38)26-32-19(17-39-26)15-37-12-10-36(2)11-13-37/h4-9,14,16-17H,3,10-13,15H2,1-2H3,(H,33,35)/b34-25-. The first kappa shape index (κ1) is 26.9. The van der Waals surface area contributed by atoms with Gasteiger partial charge in [-0.15, -0.1) is 11.3 Å². The number of nitrogens with zero attached hydrogens (tertiary/aromatic N) is 6. The molecule has 1 aliphatic rings. The van der Waals surface area contributed by atoms with Crippen molar-refractivity contribution in [2.24, 2.45) is 5.10 Å². The maximum Gasteiger partial charge on any atom is 0.435 e. The van der Waals surface area contributed by atoms with E-state index in [1.54, 1.807) is 6.07 Å². The minimum atomic E-state index is -4.68. The van der Waals surface area contributed by atoms with Crippen molar-refractivity contribution in [3.05, 3.63) is 65.3 Å². The van der Waals surface area contributed by atoms with Gasteiger partial charge in [-0.3, -0.25) is 10.3 Å². The van der Waals surface area contributed by atoms with Gasteiger partial charge < -0.3 is 9.47 Å². The highest BCUT2D eigenvalue weighted by atomic mass is 32.1. The number of aromatic nitrogens is 3. The summed E-state index contributed by atoms with van der Waals surface area (Å²) >= 11 is 2.77. The predicted octanol–water partition coefficient (Wildman–Crippen LogP) is 6.52. The predicted molar refractivity (Wildman–Crippen MR) is 157 cm³/mol. The first-order chi connectivity index (χ1) is 19.3. The second-order valence-electron chi connectivity index (χ2n) is 9.84. The summed E-state index contributed by atoms with van der Waals surface area (Å²) in [7, 11) is 2.13. The first-order valence-electron chi connectivity index (χ1n) is 13.0. The Morgan fingerprint density at radius 1 is 1.07 bits per heavy atom. The molecular weight excluding hydrogens is 555 g/mol. The molecule has 0 bridgehead atoms. The van der Waals surface area contributed by atoms with Crippen molar-refractivity contribution in [1.82, 2.24) is 24.3 Å². The van der Waals surface area contributed by atoms with E-state index < -0.39 is 11.9 Å². The topological polar surface area (TPSA) is 61.6 Å². The molecule has 0 radical (unpaired) electrons. The molecule has 1 N–H and O–H groups in total. The average Bonchev–Trinajstić information content (AvgIpc) is 3.66. The lowest BCUT2D eigenvalue weighted by Crippen LogP contribution is -2.43. The van der Waals surface area contributed by atoms with Crippen LogP contribution in [-0.4, -0.2) is 69.4 Å². The Hall–Kier alpha value is -3.32. The van der Waals surface area contributed by atoms with Crippen molar-refractivity contribution in [1.29, 1.82) is 0 Å². The molecule has 5 aromatic rings. The quantitative estimate of drug-likeness (QED) is 0.175. The van der Waals surface area contributed by atoms with Crippen LogP contribution in [-0.2, 0) is 13.1 Å². The van der Waals surface area contributed by atoms with Crippen LogP contribution >= 0.6 is 22.7 Å². The van der Waals surface area contributed by atoms with Crippen LogP contribution in [0.15, 0.2) is 59.1 Å². The average molecular weight is 584 g/mol. The lowest BCUT2D eigenvalue weighted by Gasteiger charge is -2.31. The Kier molecular flexibility index (Phi) is 7.34. The number of hydrogen-bond donors (Lipinski definition) is 1. The number of benzene rings is 2. The van der Waals surface area contributed by atoms with Crippen LogP contribution in [0, 0.1) is 0 Å². The van der Waals surface area contributed by atoms with E-state index in [-0.39, 0.29) is 5.56 Å². The number of hydrogen-bond acceptors (Lipinski definition) is 8. The molecule has 0 amide bonds. The summed E-state index contributed by atoms with van der Waals surface area (Å²) < 4.78 is 45.9. The van der Waals surface area contributed by atoms with Gasteiger partial charge in [-0.05, 0) is 44.3 Å². The fourth-order valence-corrected chi connectivity index (χ4v) is 6.54. The van der Waals surface area contributed by atoms with Crippen LogP contribution in [0.1, 0.15) is 18.2 Å². The number of alkyl halides is 3. The van der Waals surface area contributed by atoms with Crippen molar-refractivity contribution >= 4 is 54.6 Å². The van der Waals surface area contributed by atoms with Crippen LogP contribution < -0.4 is 5.43 Å². The number of hydrazone groups is 1. The molecule has 0 unspecified atom stereocenters. The molecular formula is C28H28F3N7S2. The minimum Gasteiger partial charge on any atom is -0.347 e. The summed E-state index contributed by atoms with van der Waals surface area (Å²) in [4.78, 5) is 13.9.